The molecule has 5 heteroatoms. The van der Waals surface area contributed by atoms with E-state index >= 15 is 0 Å². The molecule has 3 aromatic rings. The van der Waals surface area contributed by atoms with Crippen LogP contribution in [0.15, 0.2) is 30.5 Å². The standard InChI is InChI=1S/C17H18N4O/c1-11-3-4-14-12(9-11)13-10-21(8-6-15(13)19-14)17-18-7-5-16(20-17)22-2/h3-5,7,9,19H,6,8,10H2,1-2H3. The topological polar surface area (TPSA) is 54.0 Å². The molecule has 0 saturated heterocycles. The quantitative estimate of drug-likeness (QED) is 0.789. The van der Waals surface area contributed by atoms with Crippen molar-refractivity contribution in [3.63, 3.8) is 0 Å². The Balaban J connectivity index is 1.73. The molecule has 0 radical (unpaired) electrons. The Morgan fingerprint density at radius 1 is 1.27 bits per heavy atom. The van der Waals surface area contributed by atoms with Crippen LogP contribution in [-0.4, -0.2) is 28.6 Å². The smallest absolute Gasteiger partial charge is 0.228 e. The molecule has 0 spiro atoms. The predicted molar refractivity (Wildman–Crippen MR) is 86.4 cm³/mol. The number of nitrogens with one attached hydrogen (secondary N) is 1. The van der Waals surface area contributed by atoms with Crippen molar-refractivity contribution in [1.82, 2.24) is 15.0 Å². The van der Waals surface area contributed by atoms with Crippen molar-refractivity contribution in [3.8, 4) is 5.88 Å². The summed E-state index contributed by atoms with van der Waals surface area (Å²) < 4.78 is 5.20. The highest BCUT2D eigenvalue weighted by Gasteiger charge is 2.22. The molecule has 5 nitrogen and oxygen atoms in total. The van der Waals surface area contributed by atoms with E-state index in [4.69, 9.17) is 4.74 Å². The predicted octanol–water partition coefficient (Wildman–Crippen LogP) is 2.84. The lowest BCUT2D eigenvalue weighted by molar-refractivity contribution is 0.396. The average Bonchev–Trinajstić information content (AvgIpc) is 2.92. The number of benzene rings is 1. The average molecular weight is 294 g/mol. The van der Waals surface area contributed by atoms with Crippen molar-refractivity contribution in [2.45, 2.75) is 19.9 Å². The summed E-state index contributed by atoms with van der Waals surface area (Å²) >= 11 is 0. The van der Waals surface area contributed by atoms with Gasteiger partial charge >= 0.3 is 0 Å². The van der Waals surface area contributed by atoms with Crippen LogP contribution in [0.3, 0.4) is 0 Å². The highest BCUT2D eigenvalue weighted by atomic mass is 16.5. The maximum Gasteiger partial charge on any atom is 0.228 e. The zero-order chi connectivity index (χ0) is 15.1. The zero-order valence-corrected chi connectivity index (χ0v) is 12.8. The second-order valence-electron chi connectivity index (χ2n) is 5.70. The van der Waals surface area contributed by atoms with Gasteiger partial charge in [0.2, 0.25) is 11.8 Å². The van der Waals surface area contributed by atoms with Crippen molar-refractivity contribution in [1.29, 1.82) is 0 Å². The van der Waals surface area contributed by atoms with E-state index in [0.29, 0.717) is 5.88 Å². The van der Waals surface area contributed by atoms with Gasteiger partial charge in [-0.25, -0.2) is 4.98 Å². The molecule has 1 aliphatic heterocycles. The lowest BCUT2D eigenvalue weighted by Gasteiger charge is -2.27. The van der Waals surface area contributed by atoms with E-state index in [1.807, 2.05) is 0 Å². The van der Waals surface area contributed by atoms with E-state index in [2.05, 4.69) is 45.0 Å². The number of ether oxygens (including phenoxy) is 1. The first-order chi connectivity index (χ1) is 10.7. The number of nitrogens with zero attached hydrogens (tertiary/aromatic N) is 3. The van der Waals surface area contributed by atoms with Gasteiger partial charge in [0.05, 0.1) is 7.11 Å². The van der Waals surface area contributed by atoms with Crippen molar-refractivity contribution in [2.75, 3.05) is 18.6 Å². The normalized spacial score (nSPS) is 14.2. The summed E-state index contributed by atoms with van der Waals surface area (Å²) in [6, 6.07) is 8.33. The Morgan fingerprint density at radius 2 is 2.18 bits per heavy atom. The zero-order valence-electron chi connectivity index (χ0n) is 12.8. The summed E-state index contributed by atoms with van der Waals surface area (Å²) in [5.41, 5.74) is 5.18. The molecular formula is C17H18N4O. The molecule has 4 rings (SSSR count). The number of aryl methyl sites for hydroxylation is 1. The van der Waals surface area contributed by atoms with Crippen LogP contribution in [0.1, 0.15) is 16.8 Å². The van der Waals surface area contributed by atoms with E-state index in [0.717, 1.165) is 25.5 Å². The number of hydrogen-bond acceptors (Lipinski definition) is 4. The summed E-state index contributed by atoms with van der Waals surface area (Å²) in [7, 11) is 1.63. The van der Waals surface area contributed by atoms with Gasteiger partial charge in [-0.1, -0.05) is 11.6 Å². The van der Waals surface area contributed by atoms with Crippen molar-refractivity contribution in [2.24, 2.45) is 0 Å². The molecule has 1 N–H and O–H groups in total. The second kappa shape index (κ2) is 5.02. The van der Waals surface area contributed by atoms with Gasteiger partial charge in [0.15, 0.2) is 0 Å². The van der Waals surface area contributed by atoms with E-state index in [9.17, 15) is 0 Å². The van der Waals surface area contributed by atoms with Crippen molar-refractivity contribution >= 4 is 16.9 Å². The van der Waals surface area contributed by atoms with Gasteiger partial charge in [-0.05, 0) is 19.1 Å². The Kier molecular flexibility index (Phi) is 2.99. The Bertz CT molecular complexity index is 840. The fourth-order valence-corrected chi connectivity index (χ4v) is 3.10. The molecule has 0 bridgehead atoms. The van der Waals surface area contributed by atoms with Crippen molar-refractivity contribution in [3.05, 3.63) is 47.3 Å². The molecule has 0 amide bonds. The van der Waals surface area contributed by atoms with E-state index in [-0.39, 0.29) is 0 Å². The van der Waals surface area contributed by atoms with Gasteiger partial charge in [0.25, 0.3) is 0 Å². The molecule has 0 atom stereocenters. The van der Waals surface area contributed by atoms with Crippen molar-refractivity contribution < 1.29 is 4.74 Å². The van der Waals surface area contributed by atoms with E-state index < -0.39 is 0 Å². The number of methoxy groups -OCH3 is 1. The summed E-state index contributed by atoms with van der Waals surface area (Å²) in [5.74, 6) is 1.33. The van der Waals surface area contributed by atoms with Gasteiger partial charge in [0, 0.05) is 53.9 Å². The lowest BCUT2D eigenvalue weighted by Crippen LogP contribution is -2.31. The minimum Gasteiger partial charge on any atom is -0.481 e. The number of fused-ring (bicyclic) bond motifs is 3. The minimum absolute atomic E-state index is 0.602. The fourth-order valence-electron chi connectivity index (χ4n) is 3.10. The molecule has 0 unspecified atom stereocenters. The number of anilines is 1. The van der Waals surface area contributed by atoms with Crippen LogP contribution in [0.4, 0.5) is 5.95 Å². The first kappa shape index (κ1) is 13.1. The third-order valence-corrected chi connectivity index (χ3v) is 4.24. The minimum atomic E-state index is 0.602. The van der Waals surface area contributed by atoms with Gasteiger partial charge in [-0.2, -0.15) is 4.98 Å². The first-order valence-electron chi connectivity index (χ1n) is 7.46. The van der Waals surface area contributed by atoms with Gasteiger partial charge < -0.3 is 14.6 Å². The number of aromatic amines is 1. The lowest BCUT2D eigenvalue weighted by atomic mass is 10.0. The van der Waals surface area contributed by atoms with Crippen LogP contribution in [0, 0.1) is 6.92 Å². The van der Waals surface area contributed by atoms with Crippen LogP contribution < -0.4 is 9.64 Å². The molecule has 0 saturated carbocycles. The molecule has 0 fully saturated rings. The number of hydrogen-bond donors (Lipinski definition) is 1. The maximum atomic E-state index is 5.20. The fraction of sp³-hybridized carbons (Fsp3) is 0.294. The summed E-state index contributed by atoms with van der Waals surface area (Å²) in [4.78, 5) is 14.6. The third kappa shape index (κ3) is 2.09. The maximum absolute atomic E-state index is 5.20. The van der Waals surface area contributed by atoms with Gasteiger partial charge in [0.1, 0.15) is 0 Å². The van der Waals surface area contributed by atoms with Crippen LogP contribution in [-0.2, 0) is 13.0 Å². The Hall–Kier alpha value is -2.56. The number of aromatic nitrogens is 3. The van der Waals surface area contributed by atoms with Crippen LogP contribution >= 0.6 is 0 Å². The largest absolute Gasteiger partial charge is 0.481 e. The molecular weight excluding hydrogens is 276 g/mol. The molecule has 2 aromatic heterocycles. The highest BCUT2D eigenvalue weighted by Crippen LogP contribution is 2.30. The van der Waals surface area contributed by atoms with E-state index in [1.165, 1.54) is 27.7 Å². The molecule has 3 heterocycles. The first-order valence-corrected chi connectivity index (χ1v) is 7.46. The molecule has 1 aliphatic rings. The summed E-state index contributed by atoms with van der Waals surface area (Å²) in [5, 5.41) is 1.31. The third-order valence-electron chi connectivity index (χ3n) is 4.24. The Morgan fingerprint density at radius 3 is 3.05 bits per heavy atom. The van der Waals surface area contributed by atoms with Crippen LogP contribution in [0.25, 0.3) is 10.9 Å². The molecule has 112 valence electrons. The van der Waals surface area contributed by atoms with Gasteiger partial charge in [-0.3, -0.25) is 0 Å². The monoisotopic (exact) mass is 294 g/mol. The van der Waals surface area contributed by atoms with Gasteiger partial charge in [-0.15, -0.1) is 0 Å². The second-order valence-corrected chi connectivity index (χ2v) is 5.70. The summed E-state index contributed by atoms with van der Waals surface area (Å²) in [6.07, 6.45) is 2.72. The Labute approximate surface area is 129 Å². The molecule has 1 aromatic carbocycles. The number of rotatable bonds is 2. The SMILES string of the molecule is COc1ccnc(N2CCc3[nH]c4ccc(C)cc4c3C2)n1. The van der Waals surface area contributed by atoms with E-state index in [1.54, 1.807) is 19.4 Å². The molecule has 0 aliphatic carbocycles. The highest BCUT2D eigenvalue weighted by molar-refractivity contribution is 5.86. The summed E-state index contributed by atoms with van der Waals surface area (Å²) in [6.45, 7) is 3.86. The number of H-pyrrole nitrogens is 1. The molecule has 22 heavy (non-hydrogen) atoms. The van der Waals surface area contributed by atoms with Crippen LogP contribution in [0.5, 0.6) is 5.88 Å². The van der Waals surface area contributed by atoms with Crippen LogP contribution in [0.2, 0.25) is 0 Å².